The summed E-state index contributed by atoms with van der Waals surface area (Å²) in [5, 5.41) is 0.666. The van der Waals surface area contributed by atoms with Gasteiger partial charge in [-0.25, -0.2) is 9.37 Å². The first-order valence-electron chi connectivity index (χ1n) is 10.7. The van der Waals surface area contributed by atoms with Gasteiger partial charge < -0.3 is 13.9 Å². The van der Waals surface area contributed by atoms with E-state index in [1.165, 1.54) is 31.3 Å². The van der Waals surface area contributed by atoms with Crippen LogP contribution < -0.4 is 19.8 Å². The molecule has 0 aliphatic carbocycles. The Kier molecular flexibility index (Phi) is 4.82. The number of para-hydroxylation sites is 1. The van der Waals surface area contributed by atoms with Crippen molar-refractivity contribution in [1.82, 2.24) is 4.98 Å². The number of rotatable bonds is 4. The van der Waals surface area contributed by atoms with E-state index in [0.717, 1.165) is 11.3 Å². The summed E-state index contributed by atoms with van der Waals surface area (Å²) in [5.74, 6) is 0.00321. The number of hydrogen-bond acceptors (Lipinski definition) is 7. The quantitative estimate of drug-likeness (QED) is 0.341. The highest BCUT2D eigenvalue weighted by Gasteiger charge is 2.46. The van der Waals surface area contributed by atoms with Gasteiger partial charge in [0.1, 0.15) is 28.9 Å². The van der Waals surface area contributed by atoms with E-state index in [1.54, 1.807) is 48.5 Å². The Morgan fingerprint density at radius 2 is 1.86 bits per heavy atom. The highest BCUT2D eigenvalue weighted by Crippen LogP contribution is 2.46. The molecule has 1 aliphatic heterocycles. The Morgan fingerprint density at radius 1 is 1.03 bits per heavy atom. The van der Waals surface area contributed by atoms with Crippen LogP contribution in [0.5, 0.6) is 11.5 Å². The van der Waals surface area contributed by atoms with Crippen molar-refractivity contribution in [2.75, 3.05) is 19.1 Å². The van der Waals surface area contributed by atoms with Gasteiger partial charge in [0, 0.05) is 5.56 Å². The maximum atomic E-state index is 13.9. The highest BCUT2D eigenvalue weighted by molar-refractivity contribution is 7.22. The minimum Gasteiger partial charge on any atom is -0.497 e. The summed E-state index contributed by atoms with van der Waals surface area (Å²) in [6.07, 6.45) is 0. The zero-order valence-electron chi connectivity index (χ0n) is 18.6. The summed E-state index contributed by atoms with van der Waals surface area (Å²) in [7, 11) is 3.04. The van der Waals surface area contributed by atoms with Crippen molar-refractivity contribution >= 4 is 43.6 Å². The number of thiazole rings is 1. The number of hydrogen-bond donors (Lipinski definition) is 0. The van der Waals surface area contributed by atoms with Crippen molar-refractivity contribution in [2.24, 2.45) is 0 Å². The van der Waals surface area contributed by atoms with E-state index >= 15 is 0 Å². The van der Waals surface area contributed by atoms with E-state index in [0.29, 0.717) is 43.4 Å². The van der Waals surface area contributed by atoms with Gasteiger partial charge in [-0.15, -0.1) is 0 Å². The number of fused-ring (bicyclic) bond motifs is 3. The van der Waals surface area contributed by atoms with Gasteiger partial charge in [0.15, 0.2) is 10.6 Å². The fourth-order valence-corrected chi connectivity index (χ4v) is 5.47. The second-order valence-corrected chi connectivity index (χ2v) is 8.97. The van der Waals surface area contributed by atoms with E-state index in [-0.39, 0.29) is 16.8 Å². The minimum atomic E-state index is -0.895. The first kappa shape index (κ1) is 21.3. The van der Waals surface area contributed by atoms with E-state index in [1.807, 2.05) is 0 Å². The van der Waals surface area contributed by atoms with E-state index in [2.05, 4.69) is 4.98 Å². The van der Waals surface area contributed by atoms with Crippen LogP contribution in [0.15, 0.2) is 69.9 Å². The largest absolute Gasteiger partial charge is 0.497 e. The van der Waals surface area contributed by atoms with E-state index in [4.69, 9.17) is 13.9 Å². The molecule has 1 amide bonds. The lowest BCUT2D eigenvalue weighted by Gasteiger charge is -2.24. The molecule has 9 heteroatoms. The number of aromatic nitrogens is 1. The van der Waals surface area contributed by atoms with Crippen LogP contribution in [0.4, 0.5) is 9.52 Å². The van der Waals surface area contributed by atoms with Gasteiger partial charge in [0.05, 0.1) is 35.4 Å². The molecule has 0 bridgehead atoms. The molecular weight excluding hydrogens is 471 g/mol. The lowest BCUT2D eigenvalue weighted by atomic mass is 9.97. The second kappa shape index (κ2) is 7.92. The zero-order valence-corrected chi connectivity index (χ0v) is 19.4. The average molecular weight is 488 g/mol. The Hall–Kier alpha value is -4.24. The third kappa shape index (κ3) is 3.19. The van der Waals surface area contributed by atoms with Crippen molar-refractivity contribution in [3.05, 3.63) is 93.6 Å². The molecule has 0 radical (unpaired) electrons. The molecule has 174 valence electrons. The average Bonchev–Trinajstić information content (AvgIpc) is 3.41. The predicted octanol–water partition coefficient (Wildman–Crippen LogP) is 5.31. The van der Waals surface area contributed by atoms with E-state index < -0.39 is 17.8 Å². The van der Waals surface area contributed by atoms with Crippen LogP contribution >= 0.6 is 11.3 Å². The van der Waals surface area contributed by atoms with Gasteiger partial charge in [-0.2, -0.15) is 0 Å². The fraction of sp³-hybridized carbons (Fsp3) is 0.115. The van der Waals surface area contributed by atoms with Gasteiger partial charge in [-0.3, -0.25) is 14.5 Å². The summed E-state index contributed by atoms with van der Waals surface area (Å²) < 4.78 is 31.4. The molecule has 0 saturated carbocycles. The maximum absolute atomic E-state index is 13.9. The fourth-order valence-electron chi connectivity index (χ4n) is 4.45. The number of carbonyl (C=O) groups excluding carboxylic acids is 1. The van der Waals surface area contributed by atoms with E-state index in [9.17, 15) is 14.0 Å². The number of benzene rings is 3. The number of carbonyl (C=O) groups is 1. The Morgan fingerprint density at radius 3 is 2.66 bits per heavy atom. The van der Waals surface area contributed by atoms with Crippen LogP contribution in [0, 0.1) is 5.82 Å². The van der Waals surface area contributed by atoms with Crippen LogP contribution in [0.2, 0.25) is 0 Å². The number of ether oxygens (including phenoxy) is 2. The van der Waals surface area contributed by atoms with Crippen molar-refractivity contribution < 1.29 is 23.1 Å². The Balaban J connectivity index is 1.67. The molecule has 1 aliphatic rings. The van der Waals surface area contributed by atoms with Crippen molar-refractivity contribution in [3.8, 4) is 11.5 Å². The SMILES string of the molecule is COc1ccc(OC)c(C2c3c(oc4ccccc4c3=O)C(=O)N2c2nc3ccc(F)cc3s2)c1. The lowest BCUT2D eigenvalue weighted by molar-refractivity contribution is 0.0971. The molecule has 0 N–H and O–H groups in total. The third-order valence-corrected chi connectivity index (χ3v) is 7.07. The number of nitrogens with zero attached hydrogens (tertiary/aromatic N) is 2. The minimum absolute atomic E-state index is 0.0611. The predicted molar refractivity (Wildman–Crippen MR) is 130 cm³/mol. The summed E-state index contributed by atoms with van der Waals surface area (Å²) >= 11 is 1.15. The molecule has 0 fully saturated rings. The van der Waals surface area contributed by atoms with Crippen molar-refractivity contribution in [3.63, 3.8) is 0 Å². The molecule has 6 rings (SSSR count). The number of halogens is 1. The molecule has 0 spiro atoms. The summed E-state index contributed by atoms with van der Waals surface area (Å²) in [6, 6.07) is 15.3. The first-order chi connectivity index (χ1) is 17.0. The summed E-state index contributed by atoms with van der Waals surface area (Å²) in [4.78, 5) is 33.5. The third-order valence-electron chi connectivity index (χ3n) is 6.05. The molecule has 2 aromatic heterocycles. The zero-order chi connectivity index (χ0) is 24.3. The van der Waals surface area contributed by atoms with Crippen LogP contribution in [0.1, 0.15) is 27.7 Å². The van der Waals surface area contributed by atoms with Crippen LogP contribution in [0.25, 0.3) is 21.2 Å². The summed E-state index contributed by atoms with van der Waals surface area (Å²) in [6.45, 7) is 0. The van der Waals surface area contributed by atoms with Crippen molar-refractivity contribution in [1.29, 1.82) is 0 Å². The Labute approximate surface area is 202 Å². The number of amides is 1. The van der Waals surface area contributed by atoms with Crippen LogP contribution in [-0.2, 0) is 0 Å². The standard InChI is InChI=1S/C26H17FN2O5S/c1-32-14-8-10-18(33-2)16(12-14)22-21-23(30)15-5-3-4-6-19(15)34-24(21)25(31)29(22)26-28-17-9-7-13(27)11-20(17)35-26/h3-12,22H,1-2H3. The van der Waals surface area contributed by atoms with Gasteiger partial charge in [-0.05, 0) is 48.5 Å². The Bertz CT molecular complexity index is 1710. The summed E-state index contributed by atoms with van der Waals surface area (Å²) in [5.41, 5.74) is 1.25. The normalized spacial score (nSPS) is 15.1. The molecule has 7 nitrogen and oxygen atoms in total. The molecule has 35 heavy (non-hydrogen) atoms. The van der Waals surface area contributed by atoms with Crippen molar-refractivity contribution in [2.45, 2.75) is 6.04 Å². The molecule has 1 atom stereocenters. The molecule has 0 saturated heterocycles. The van der Waals surface area contributed by atoms with Crippen LogP contribution in [0.3, 0.4) is 0 Å². The smallest absolute Gasteiger partial charge is 0.297 e. The maximum Gasteiger partial charge on any atom is 0.297 e. The number of anilines is 1. The van der Waals surface area contributed by atoms with Gasteiger partial charge in [0.25, 0.3) is 5.91 Å². The highest BCUT2D eigenvalue weighted by atomic mass is 32.1. The first-order valence-corrected chi connectivity index (χ1v) is 11.5. The van der Waals surface area contributed by atoms with Gasteiger partial charge >= 0.3 is 0 Å². The van der Waals surface area contributed by atoms with Crippen LogP contribution in [-0.4, -0.2) is 25.1 Å². The topological polar surface area (TPSA) is 81.9 Å². The number of methoxy groups -OCH3 is 2. The molecular formula is C26H17FN2O5S. The lowest BCUT2D eigenvalue weighted by Crippen LogP contribution is -2.29. The molecule has 5 aromatic rings. The van der Waals surface area contributed by atoms with Gasteiger partial charge in [-0.1, -0.05) is 23.5 Å². The second-order valence-electron chi connectivity index (χ2n) is 7.96. The molecule has 3 aromatic carbocycles. The molecule has 3 heterocycles. The monoisotopic (exact) mass is 488 g/mol. The molecule has 1 unspecified atom stereocenters. The van der Waals surface area contributed by atoms with Gasteiger partial charge in [0.2, 0.25) is 5.76 Å².